The minimum Gasteiger partial charge on any atom is -0.325 e. The Bertz CT molecular complexity index is 551. The van der Waals surface area contributed by atoms with Gasteiger partial charge in [0.25, 0.3) is 5.54 Å². The predicted molar refractivity (Wildman–Crippen MR) is 72.2 cm³/mol. The Hall–Kier alpha value is -2.43. The highest BCUT2D eigenvalue weighted by molar-refractivity contribution is 5.94. The van der Waals surface area contributed by atoms with E-state index < -0.39 is 16.4 Å². The quantitative estimate of drug-likeness (QED) is 0.668. The van der Waals surface area contributed by atoms with E-state index in [1.165, 1.54) is 13.0 Å². The molecular formula is C14H14N2O3. The lowest BCUT2D eigenvalue weighted by Gasteiger charge is -2.26. The molecule has 0 heterocycles. The summed E-state index contributed by atoms with van der Waals surface area (Å²) in [4.78, 5) is 22.9. The Morgan fingerprint density at radius 1 is 1.32 bits per heavy atom. The van der Waals surface area contributed by atoms with E-state index in [2.05, 4.69) is 5.32 Å². The zero-order valence-corrected chi connectivity index (χ0v) is 10.4. The summed E-state index contributed by atoms with van der Waals surface area (Å²) >= 11 is 0. The van der Waals surface area contributed by atoms with Gasteiger partial charge in [-0.05, 0) is 18.2 Å². The molecule has 0 fully saturated rings. The monoisotopic (exact) mass is 258 g/mol. The van der Waals surface area contributed by atoms with E-state index in [1.54, 1.807) is 42.5 Å². The summed E-state index contributed by atoms with van der Waals surface area (Å²) in [6.07, 6.45) is 6.25. The molecule has 0 spiro atoms. The Morgan fingerprint density at radius 3 is 2.63 bits per heavy atom. The first-order chi connectivity index (χ1) is 9.04. The molecule has 98 valence electrons. The molecule has 5 heteroatoms. The van der Waals surface area contributed by atoms with Crippen molar-refractivity contribution in [3.05, 3.63) is 64.8 Å². The van der Waals surface area contributed by atoms with Gasteiger partial charge in [0.2, 0.25) is 5.91 Å². The minimum absolute atomic E-state index is 0.383. The van der Waals surface area contributed by atoms with Crippen LogP contribution < -0.4 is 5.32 Å². The molecule has 0 aliphatic heterocycles. The number of nitro groups is 1. The highest BCUT2D eigenvalue weighted by Crippen LogP contribution is 2.28. The number of carbonyl (C=O) groups excluding carboxylic acids is 1. The molecule has 1 aliphatic carbocycles. The van der Waals surface area contributed by atoms with Crippen molar-refractivity contribution in [1.29, 1.82) is 0 Å². The van der Waals surface area contributed by atoms with Crippen molar-refractivity contribution in [3.63, 3.8) is 0 Å². The standard InChI is InChI=1S/C14H14N2O3/c1-14(16(18)19)10-6-5-9-12(14)13(17)15-11-7-3-2-4-8-11/h2-10,12H,1H3,(H,15,17). The van der Waals surface area contributed by atoms with Crippen LogP contribution in [0, 0.1) is 16.0 Å². The molecule has 19 heavy (non-hydrogen) atoms. The molecule has 1 aromatic carbocycles. The molecule has 2 rings (SSSR count). The van der Waals surface area contributed by atoms with Gasteiger partial charge in [0, 0.05) is 17.5 Å². The summed E-state index contributed by atoms with van der Waals surface area (Å²) in [5.74, 6) is -1.21. The van der Waals surface area contributed by atoms with Gasteiger partial charge in [-0.25, -0.2) is 0 Å². The largest absolute Gasteiger partial charge is 0.325 e. The van der Waals surface area contributed by atoms with Crippen LogP contribution in [0.1, 0.15) is 6.92 Å². The predicted octanol–water partition coefficient (Wildman–Crippen LogP) is 2.40. The highest BCUT2D eigenvalue weighted by atomic mass is 16.6. The Morgan fingerprint density at radius 2 is 2.00 bits per heavy atom. The summed E-state index contributed by atoms with van der Waals surface area (Å²) in [6, 6.07) is 8.89. The molecule has 1 aromatic rings. The van der Waals surface area contributed by atoms with Crippen LogP contribution in [0.15, 0.2) is 54.6 Å². The summed E-state index contributed by atoms with van der Waals surface area (Å²) in [5.41, 5.74) is -0.783. The van der Waals surface area contributed by atoms with Gasteiger partial charge in [0.1, 0.15) is 5.92 Å². The fraction of sp³-hybridized carbons (Fsp3) is 0.214. The SMILES string of the molecule is CC1([N+](=O)[O-])C=CC=CC1C(=O)Nc1ccccc1. The number of hydrogen-bond acceptors (Lipinski definition) is 3. The van der Waals surface area contributed by atoms with Gasteiger partial charge >= 0.3 is 0 Å². The summed E-state index contributed by atoms with van der Waals surface area (Å²) in [7, 11) is 0. The fourth-order valence-electron chi connectivity index (χ4n) is 1.99. The van der Waals surface area contributed by atoms with Gasteiger partial charge < -0.3 is 5.32 Å². The molecule has 2 unspecified atom stereocenters. The molecule has 1 aliphatic rings. The van der Waals surface area contributed by atoms with Crippen LogP contribution in [-0.4, -0.2) is 16.4 Å². The molecular weight excluding hydrogens is 244 g/mol. The number of para-hydroxylation sites is 1. The first-order valence-electron chi connectivity index (χ1n) is 5.90. The lowest BCUT2D eigenvalue weighted by Crippen LogP contribution is -2.46. The maximum Gasteiger partial charge on any atom is 0.252 e. The maximum atomic E-state index is 12.2. The second-order valence-corrected chi connectivity index (χ2v) is 4.56. The number of nitrogens with one attached hydrogen (secondary N) is 1. The summed E-state index contributed by atoms with van der Waals surface area (Å²) in [6.45, 7) is 1.45. The number of hydrogen-bond donors (Lipinski definition) is 1. The molecule has 0 aromatic heterocycles. The first-order valence-corrected chi connectivity index (χ1v) is 5.90. The Kier molecular flexibility index (Phi) is 3.46. The van der Waals surface area contributed by atoms with E-state index in [1.807, 2.05) is 6.07 Å². The molecule has 1 amide bonds. The minimum atomic E-state index is -1.41. The van der Waals surface area contributed by atoms with Gasteiger partial charge in [-0.2, -0.15) is 0 Å². The van der Waals surface area contributed by atoms with Crippen LogP contribution in [0.25, 0.3) is 0 Å². The lowest BCUT2D eigenvalue weighted by molar-refractivity contribution is -0.555. The van der Waals surface area contributed by atoms with Crippen molar-refractivity contribution in [2.45, 2.75) is 12.5 Å². The van der Waals surface area contributed by atoms with Crippen molar-refractivity contribution in [2.75, 3.05) is 5.32 Å². The van der Waals surface area contributed by atoms with Crippen LogP contribution in [0.5, 0.6) is 0 Å². The molecule has 1 N–H and O–H groups in total. The van der Waals surface area contributed by atoms with Crippen molar-refractivity contribution < 1.29 is 9.72 Å². The van der Waals surface area contributed by atoms with Crippen molar-refractivity contribution in [2.24, 2.45) is 5.92 Å². The number of anilines is 1. The van der Waals surface area contributed by atoms with Gasteiger partial charge in [-0.15, -0.1) is 0 Å². The van der Waals surface area contributed by atoms with Crippen LogP contribution >= 0.6 is 0 Å². The van der Waals surface area contributed by atoms with E-state index >= 15 is 0 Å². The molecule has 2 atom stereocenters. The Labute approximate surface area is 110 Å². The number of carbonyl (C=O) groups is 1. The average molecular weight is 258 g/mol. The van der Waals surface area contributed by atoms with Crippen molar-refractivity contribution in [3.8, 4) is 0 Å². The van der Waals surface area contributed by atoms with Gasteiger partial charge in [-0.3, -0.25) is 14.9 Å². The third-order valence-electron chi connectivity index (χ3n) is 3.20. The van der Waals surface area contributed by atoms with E-state index in [9.17, 15) is 14.9 Å². The van der Waals surface area contributed by atoms with E-state index in [4.69, 9.17) is 0 Å². The maximum absolute atomic E-state index is 12.2. The smallest absolute Gasteiger partial charge is 0.252 e. The van der Waals surface area contributed by atoms with Crippen molar-refractivity contribution in [1.82, 2.24) is 0 Å². The fourth-order valence-corrected chi connectivity index (χ4v) is 1.99. The molecule has 0 saturated heterocycles. The molecule has 0 radical (unpaired) electrons. The van der Waals surface area contributed by atoms with Crippen LogP contribution in [0.3, 0.4) is 0 Å². The molecule has 0 bridgehead atoms. The third-order valence-corrected chi connectivity index (χ3v) is 3.20. The molecule has 5 nitrogen and oxygen atoms in total. The summed E-state index contributed by atoms with van der Waals surface area (Å²) < 4.78 is 0. The first kappa shape index (κ1) is 13.0. The lowest BCUT2D eigenvalue weighted by atomic mass is 9.82. The van der Waals surface area contributed by atoms with Crippen LogP contribution in [0.4, 0.5) is 5.69 Å². The number of amides is 1. The van der Waals surface area contributed by atoms with Gasteiger partial charge in [-0.1, -0.05) is 36.4 Å². The van der Waals surface area contributed by atoms with Crippen LogP contribution in [0.2, 0.25) is 0 Å². The van der Waals surface area contributed by atoms with E-state index in [0.29, 0.717) is 5.69 Å². The van der Waals surface area contributed by atoms with Gasteiger partial charge in [0.05, 0.1) is 0 Å². The highest BCUT2D eigenvalue weighted by Gasteiger charge is 2.47. The second kappa shape index (κ2) is 5.06. The normalized spacial score (nSPS) is 25.0. The topological polar surface area (TPSA) is 72.2 Å². The number of nitrogens with zero attached hydrogens (tertiary/aromatic N) is 1. The number of benzene rings is 1. The van der Waals surface area contributed by atoms with Gasteiger partial charge in [0.15, 0.2) is 0 Å². The number of allylic oxidation sites excluding steroid dienone is 2. The third kappa shape index (κ3) is 2.54. The average Bonchev–Trinajstić information content (AvgIpc) is 2.40. The van der Waals surface area contributed by atoms with Crippen molar-refractivity contribution >= 4 is 11.6 Å². The zero-order chi connectivity index (χ0) is 13.9. The summed E-state index contributed by atoms with van der Waals surface area (Å²) in [5, 5.41) is 13.9. The zero-order valence-electron chi connectivity index (χ0n) is 10.4. The number of rotatable bonds is 3. The second-order valence-electron chi connectivity index (χ2n) is 4.56. The Balaban J connectivity index is 2.21. The van der Waals surface area contributed by atoms with E-state index in [-0.39, 0.29) is 5.91 Å². The van der Waals surface area contributed by atoms with Crippen LogP contribution in [-0.2, 0) is 4.79 Å². The van der Waals surface area contributed by atoms with E-state index in [0.717, 1.165) is 0 Å². The molecule has 0 saturated carbocycles.